The molecule has 5 atom stereocenters. The Bertz CT molecular complexity index is 1030. The van der Waals surface area contributed by atoms with E-state index in [4.69, 9.17) is 5.41 Å². The highest BCUT2D eigenvalue weighted by Crippen LogP contribution is 2.61. The van der Waals surface area contributed by atoms with Crippen LogP contribution in [0.1, 0.15) is 75.8 Å². The second-order valence-corrected chi connectivity index (χ2v) is 11.1. The zero-order chi connectivity index (χ0) is 22.8. The van der Waals surface area contributed by atoms with Crippen LogP contribution in [0.25, 0.3) is 0 Å². The molecule has 0 spiro atoms. The number of amides is 1. The smallest absolute Gasteiger partial charge is 0.231 e. The molecule has 1 aromatic rings. The SMILES string of the molecule is CNc1ccc(F)c(C2CC2)c1C(=N)C(C)C(=O)N1CC2CCC3(C#N)CC1CC2(C)C3. The molecule has 4 aliphatic rings. The minimum absolute atomic E-state index is 0.0456. The summed E-state index contributed by atoms with van der Waals surface area (Å²) in [5.41, 5.74) is 1.88. The van der Waals surface area contributed by atoms with Crippen molar-refractivity contribution in [2.45, 2.75) is 70.8 Å². The van der Waals surface area contributed by atoms with E-state index in [0.29, 0.717) is 22.7 Å². The summed E-state index contributed by atoms with van der Waals surface area (Å²) in [5, 5.41) is 22.0. The lowest BCUT2D eigenvalue weighted by Crippen LogP contribution is -2.63. The van der Waals surface area contributed by atoms with Gasteiger partial charge in [-0.1, -0.05) is 6.92 Å². The third-order valence-electron chi connectivity index (χ3n) is 8.93. The van der Waals surface area contributed by atoms with E-state index < -0.39 is 5.92 Å². The first kappa shape index (κ1) is 21.4. The Morgan fingerprint density at radius 3 is 2.75 bits per heavy atom. The molecule has 3 saturated carbocycles. The van der Waals surface area contributed by atoms with Crippen LogP contribution >= 0.6 is 0 Å². The predicted octanol–water partition coefficient (Wildman–Crippen LogP) is 5.07. The second-order valence-electron chi connectivity index (χ2n) is 11.1. The summed E-state index contributed by atoms with van der Waals surface area (Å²) in [6, 6.07) is 5.81. The van der Waals surface area contributed by atoms with Crippen LogP contribution in [0.3, 0.4) is 0 Å². The summed E-state index contributed by atoms with van der Waals surface area (Å²) in [6.07, 6.45) is 6.42. The Labute approximate surface area is 189 Å². The van der Waals surface area contributed by atoms with E-state index in [-0.39, 0.29) is 40.2 Å². The van der Waals surface area contributed by atoms with E-state index in [2.05, 4.69) is 18.3 Å². The first-order valence-electron chi connectivity index (χ1n) is 12.0. The quantitative estimate of drug-likeness (QED) is 0.633. The lowest BCUT2D eigenvalue weighted by molar-refractivity contribution is -0.155. The van der Waals surface area contributed by atoms with Gasteiger partial charge >= 0.3 is 0 Å². The number of rotatable bonds is 5. The third-order valence-corrected chi connectivity index (χ3v) is 8.93. The molecule has 1 heterocycles. The number of benzene rings is 1. The number of hydrogen-bond acceptors (Lipinski definition) is 4. The van der Waals surface area contributed by atoms with Crippen LogP contribution in [0.15, 0.2) is 12.1 Å². The monoisotopic (exact) mass is 436 g/mol. The van der Waals surface area contributed by atoms with Crippen LogP contribution in [-0.2, 0) is 4.79 Å². The topological polar surface area (TPSA) is 80.0 Å². The van der Waals surface area contributed by atoms with E-state index in [0.717, 1.165) is 51.5 Å². The Morgan fingerprint density at radius 2 is 2.09 bits per heavy atom. The third kappa shape index (κ3) is 3.16. The molecular formula is C26H33FN4O. The molecule has 1 aromatic carbocycles. The van der Waals surface area contributed by atoms with Crippen molar-refractivity contribution in [1.82, 2.24) is 4.90 Å². The Hall–Kier alpha value is -2.42. The van der Waals surface area contributed by atoms with Gasteiger partial charge in [0.05, 0.1) is 23.1 Å². The van der Waals surface area contributed by atoms with Gasteiger partial charge in [0.15, 0.2) is 0 Å². The molecule has 170 valence electrons. The van der Waals surface area contributed by atoms with Crippen LogP contribution in [0.4, 0.5) is 10.1 Å². The zero-order valence-corrected chi connectivity index (χ0v) is 19.3. The minimum Gasteiger partial charge on any atom is -0.388 e. The van der Waals surface area contributed by atoms with Crippen LogP contribution < -0.4 is 5.32 Å². The highest BCUT2D eigenvalue weighted by molar-refractivity contribution is 6.14. The molecule has 0 radical (unpaired) electrons. The largest absolute Gasteiger partial charge is 0.388 e. The molecule has 5 nitrogen and oxygen atoms in total. The van der Waals surface area contributed by atoms with Crippen LogP contribution in [0.5, 0.6) is 0 Å². The van der Waals surface area contributed by atoms with Crippen molar-refractivity contribution >= 4 is 17.3 Å². The summed E-state index contributed by atoms with van der Waals surface area (Å²) in [4.78, 5) is 15.7. The van der Waals surface area contributed by atoms with Gasteiger partial charge in [0.1, 0.15) is 5.82 Å². The van der Waals surface area contributed by atoms with Crippen LogP contribution in [-0.4, -0.2) is 36.2 Å². The first-order chi connectivity index (χ1) is 15.2. The highest BCUT2D eigenvalue weighted by atomic mass is 19.1. The number of hydrogen-bond donors (Lipinski definition) is 2. The lowest BCUT2D eigenvalue weighted by Gasteiger charge is -2.61. The minimum atomic E-state index is -0.649. The predicted molar refractivity (Wildman–Crippen MR) is 122 cm³/mol. The van der Waals surface area contributed by atoms with Gasteiger partial charge in [-0.25, -0.2) is 4.39 Å². The molecule has 1 amide bonds. The van der Waals surface area contributed by atoms with E-state index in [1.54, 1.807) is 20.0 Å². The molecule has 4 fully saturated rings. The molecule has 6 heteroatoms. The fourth-order valence-corrected chi connectivity index (χ4v) is 7.06. The fourth-order valence-electron chi connectivity index (χ4n) is 7.06. The molecule has 5 unspecified atom stereocenters. The van der Waals surface area contributed by atoms with Gasteiger partial charge in [0.25, 0.3) is 0 Å². The van der Waals surface area contributed by atoms with Crippen molar-refractivity contribution in [2.75, 3.05) is 18.9 Å². The average Bonchev–Trinajstić information content (AvgIpc) is 3.60. The maximum atomic E-state index is 14.8. The standard InChI is InChI=1S/C26H33FN4O/c1-15(23(29)22-20(30-3)7-6-19(27)21(22)16-4-5-16)24(32)31-12-17-8-9-26(14-28)11-18(31)10-25(17,2)13-26/h6-7,15-18,29-30H,4-5,8-13H2,1-3H3. The first-order valence-corrected chi connectivity index (χ1v) is 12.0. The van der Waals surface area contributed by atoms with Crippen molar-refractivity contribution in [3.8, 4) is 6.07 Å². The number of likely N-dealkylation sites (tertiary alicyclic amines) is 1. The summed E-state index contributed by atoms with van der Waals surface area (Å²) < 4.78 is 14.8. The number of fused-ring (bicyclic) bond motifs is 2. The summed E-state index contributed by atoms with van der Waals surface area (Å²) >= 11 is 0. The maximum absolute atomic E-state index is 14.8. The van der Waals surface area contributed by atoms with Crippen molar-refractivity contribution in [3.63, 3.8) is 0 Å². The van der Waals surface area contributed by atoms with Gasteiger partial charge in [0, 0.05) is 36.4 Å². The number of anilines is 1. The van der Waals surface area contributed by atoms with Gasteiger partial charge in [-0.15, -0.1) is 0 Å². The van der Waals surface area contributed by atoms with E-state index in [9.17, 15) is 14.4 Å². The normalized spacial score (nSPS) is 34.0. The van der Waals surface area contributed by atoms with Gasteiger partial charge in [-0.2, -0.15) is 5.26 Å². The number of nitrogens with zero attached hydrogens (tertiary/aromatic N) is 2. The number of piperidine rings is 1. The summed E-state index contributed by atoms with van der Waals surface area (Å²) in [5.74, 6) is -0.420. The van der Waals surface area contributed by atoms with E-state index in [1.807, 2.05) is 4.90 Å². The molecule has 0 aromatic heterocycles. The van der Waals surface area contributed by atoms with Crippen molar-refractivity contribution in [3.05, 3.63) is 29.1 Å². The highest BCUT2D eigenvalue weighted by Gasteiger charge is 2.58. The van der Waals surface area contributed by atoms with E-state index >= 15 is 0 Å². The molecule has 3 bridgehead atoms. The maximum Gasteiger partial charge on any atom is 0.231 e. The van der Waals surface area contributed by atoms with Gasteiger partial charge < -0.3 is 15.6 Å². The summed E-state index contributed by atoms with van der Waals surface area (Å²) in [6.45, 7) is 4.81. The lowest BCUT2D eigenvalue weighted by atomic mass is 9.49. The number of nitrogens with one attached hydrogen (secondary N) is 2. The van der Waals surface area contributed by atoms with Crippen LogP contribution in [0, 0.1) is 45.2 Å². The van der Waals surface area contributed by atoms with Gasteiger partial charge in [-0.05, 0) is 81.3 Å². The van der Waals surface area contributed by atoms with Crippen molar-refractivity contribution in [1.29, 1.82) is 10.7 Å². The fraction of sp³-hybridized carbons (Fsp3) is 0.654. The number of carbonyl (C=O) groups is 1. The molecule has 5 rings (SSSR count). The number of nitriles is 1. The Kier molecular flexibility index (Phi) is 4.89. The van der Waals surface area contributed by atoms with Crippen molar-refractivity contribution < 1.29 is 9.18 Å². The molecule has 2 N–H and O–H groups in total. The Morgan fingerprint density at radius 1 is 1.34 bits per heavy atom. The van der Waals surface area contributed by atoms with Crippen molar-refractivity contribution in [2.24, 2.45) is 22.7 Å². The molecular weight excluding hydrogens is 403 g/mol. The Balaban J connectivity index is 1.45. The van der Waals surface area contributed by atoms with Gasteiger partial charge in [-0.3, -0.25) is 4.79 Å². The summed E-state index contributed by atoms with van der Waals surface area (Å²) in [7, 11) is 1.78. The number of halogens is 1. The second kappa shape index (κ2) is 7.30. The van der Waals surface area contributed by atoms with Crippen LogP contribution in [0.2, 0.25) is 0 Å². The molecule has 1 aliphatic heterocycles. The molecule has 32 heavy (non-hydrogen) atoms. The number of carbonyl (C=O) groups excluding carboxylic acids is 1. The van der Waals surface area contributed by atoms with E-state index in [1.165, 1.54) is 6.07 Å². The van der Waals surface area contributed by atoms with Gasteiger partial charge in [0.2, 0.25) is 5.91 Å². The zero-order valence-electron chi connectivity index (χ0n) is 19.3. The molecule has 1 saturated heterocycles. The molecule has 3 aliphatic carbocycles. The average molecular weight is 437 g/mol.